The second-order valence-electron chi connectivity index (χ2n) is 6.15. The third-order valence-electron chi connectivity index (χ3n) is 4.40. The molecular weight excluding hydrogens is 368 g/mol. The van der Waals surface area contributed by atoms with Crippen molar-refractivity contribution in [3.05, 3.63) is 58.1 Å². The van der Waals surface area contributed by atoms with Gasteiger partial charge in [0.05, 0.1) is 12.8 Å². The lowest BCUT2D eigenvalue weighted by atomic mass is 9.92. The number of hydrogen-bond donors (Lipinski definition) is 1. The third-order valence-corrected chi connectivity index (χ3v) is 5.17. The number of halogens is 1. The van der Waals surface area contributed by atoms with E-state index < -0.39 is 0 Å². The molecule has 0 spiro atoms. The molecule has 4 nitrogen and oxygen atoms in total. The lowest BCUT2D eigenvalue weighted by Gasteiger charge is -2.39. The standard InChI is InChI=1S/C19H21BrN2O2/c1-13-6-5-9-17(24-2)18(13)21-19(23)22-11-14(12-22)10-15-7-3-4-8-16(15)20/h3-9,14H,10-12H2,1-2H3,(H,21,23). The van der Waals surface area contributed by atoms with Gasteiger partial charge < -0.3 is 15.0 Å². The highest BCUT2D eigenvalue weighted by atomic mass is 79.9. The molecule has 1 heterocycles. The average molecular weight is 389 g/mol. The van der Waals surface area contributed by atoms with Gasteiger partial charge in [-0.1, -0.05) is 46.3 Å². The SMILES string of the molecule is COc1cccc(C)c1NC(=O)N1CC(Cc2ccccc2Br)C1. The van der Waals surface area contributed by atoms with Crippen molar-refractivity contribution in [1.82, 2.24) is 4.90 Å². The summed E-state index contributed by atoms with van der Waals surface area (Å²) in [4.78, 5) is 14.3. The van der Waals surface area contributed by atoms with Crippen LogP contribution in [0, 0.1) is 12.8 Å². The predicted octanol–water partition coefficient (Wildman–Crippen LogP) is 4.47. The Balaban J connectivity index is 1.57. The first kappa shape index (κ1) is 16.8. The maximum Gasteiger partial charge on any atom is 0.321 e. The van der Waals surface area contributed by atoms with Crippen LogP contribution in [0.25, 0.3) is 0 Å². The predicted molar refractivity (Wildman–Crippen MR) is 99.7 cm³/mol. The third kappa shape index (κ3) is 3.56. The Morgan fingerprint density at radius 1 is 1.25 bits per heavy atom. The largest absolute Gasteiger partial charge is 0.495 e. The number of amides is 2. The number of benzene rings is 2. The van der Waals surface area contributed by atoms with E-state index in [0.717, 1.165) is 35.2 Å². The number of carbonyl (C=O) groups is 1. The maximum atomic E-state index is 12.4. The Morgan fingerprint density at radius 2 is 2.00 bits per heavy atom. The van der Waals surface area contributed by atoms with Gasteiger partial charge in [-0.3, -0.25) is 0 Å². The van der Waals surface area contributed by atoms with Crippen LogP contribution in [0.15, 0.2) is 46.9 Å². The summed E-state index contributed by atoms with van der Waals surface area (Å²) in [5.74, 6) is 1.20. The van der Waals surface area contributed by atoms with Crippen molar-refractivity contribution in [2.75, 3.05) is 25.5 Å². The summed E-state index contributed by atoms with van der Waals surface area (Å²) < 4.78 is 6.47. The maximum absolute atomic E-state index is 12.4. The van der Waals surface area contributed by atoms with Gasteiger partial charge in [-0.05, 0) is 42.5 Å². The zero-order valence-corrected chi connectivity index (χ0v) is 15.5. The molecule has 2 aromatic rings. The van der Waals surface area contributed by atoms with Crippen LogP contribution in [0.1, 0.15) is 11.1 Å². The van der Waals surface area contributed by atoms with E-state index in [1.165, 1.54) is 5.56 Å². The van der Waals surface area contributed by atoms with Gasteiger partial charge in [0.2, 0.25) is 0 Å². The normalized spacial score (nSPS) is 14.2. The number of hydrogen-bond acceptors (Lipinski definition) is 2. The number of nitrogens with one attached hydrogen (secondary N) is 1. The minimum atomic E-state index is -0.0639. The van der Waals surface area contributed by atoms with Gasteiger partial charge in [0.25, 0.3) is 0 Å². The lowest BCUT2D eigenvalue weighted by Crippen LogP contribution is -2.52. The Hall–Kier alpha value is -2.01. The van der Waals surface area contributed by atoms with Crippen molar-refractivity contribution in [2.24, 2.45) is 5.92 Å². The number of aryl methyl sites for hydroxylation is 1. The molecule has 1 aliphatic heterocycles. The molecule has 1 N–H and O–H groups in total. The van der Waals surface area contributed by atoms with Crippen LogP contribution < -0.4 is 10.1 Å². The number of nitrogens with zero attached hydrogens (tertiary/aromatic N) is 1. The number of urea groups is 1. The van der Waals surface area contributed by atoms with Gasteiger partial charge in [0.1, 0.15) is 5.75 Å². The Kier molecular flexibility index (Phi) is 5.09. The molecule has 2 aromatic carbocycles. The van der Waals surface area contributed by atoms with Crippen LogP contribution in [0.4, 0.5) is 10.5 Å². The molecule has 5 heteroatoms. The molecule has 3 rings (SSSR count). The average Bonchev–Trinajstić information content (AvgIpc) is 2.53. The fourth-order valence-corrected chi connectivity index (χ4v) is 3.44. The second-order valence-corrected chi connectivity index (χ2v) is 7.00. The van der Waals surface area contributed by atoms with Crippen LogP contribution in [0.2, 0.25) is 0 Å². The zero-order valence-electron chi connectivity index (χ0n) is 13.9. The van der Waals surface area contributed by atoms with Crippen LogP contribution in [0.5, 0.6) is 5.75 Å². The van der Waals surface area contributed by atoms with Gasteiger partial charge in [0.15, 0.2) is 0 Å². The molecule has 1 fully saturated rings. The fraction of sp³-hybridized carbons (Fsp3) is 0.316. The summed E-state index contributed by atoms with van der Waals surface area (Å²) in [5.41, 5.74) is 3.04. The Morgan fingerprint density at radius 3 is 2.71 bits per heavy atom. The second kappa shape index (κ2) is 7.26. The molecule has 0 radical (unpaired) electrons. The van der Waals surface area contributed by atoms with Crippen molar-refractivity contribution in [3.8, 4) is 5.75 Å². The zero-order chi connectivity index (χ0) is 17.1. The van der Waals surface area contributed by atoms with Crippen molar-refractivity contribution in [1.29, 1.82) is 0 Å². The van der Waals surface area contributed by atoms with Gasteiger partial charge >= 0.3 is 6.03 Å². The van der Waals surface area contributed by atoms with E-state index in [1.54, 1.807) is 7.11 Å². The van der Waals surface area contributed by atoms with E-state index in [2.05, 4.69) is 33.4 Å². The number of methoxy groups -OCH3 is 1. The van der Waals surface area contributed by atoms with Gasteiger partial charge in [-0.25, -0.2) is 4.79 Å². The number of para-hydroxylation sites is 1. The van der Waals surface area contributed by atoms with E-state index in [4.69, 9.17) is 4.74 Å². The van der Waals surface area contributed by atoms with Gasteiger partial charge in [-0.2, -0.15) is 0 Å². The molecule has 0 saturated carbocycles. The highest BCUT2D eigenvalue weighted by Crippen LogP contribution is 2.30. The summed E-state index contributed by atoms with van der Waals surface area (Å²) in [6.07, 6.45) is 0.985. The van der Waals surface area contributed by atoms with Crippen LogP contribution >= 0.6 is 15.9 Å². The van der Waals surface area contributed by atoms with Gasteiger partial charge in [0, 0.05) is 17.6 Å². The number of anilines is 1. The number of likely N-dealkylation sites (tertiary alicyclic amines) is 1. The van der Waals surface area contributed by atoms with Crippen LogP contribution in [-0.4, -0.2) is 31.1 Å². The van der Waals surface area contributed by atoms with E-state index in [0.29, 0.717) is 11.7 Å². The first-order valence-corrected chi connectivity index (χ1v) is 8.80. The minimum absolute atomic E-state index is 0.0639. The first-order chi connectivity index (χ1) is 11.6. The summed E-state index contributed by atoms with van der Waals surface area (Å²) in [6, 6.07) is 13.9. The molecule has 0 aliphatic carbocycles. The van der Waals surface area contributed by atoms with E-state index in [-0.39, 0.29) is 6.03 Å². The molecule has 24 heavy (non-hydrogen) atoms. The first-order valence-electron chi connectivity index (χ1n) is 8.01. The molecule has 0 atom stereocenters. The summed E-state index contributed by atoms with van der Waals surface area (Å²) in [6.45, 7) is 3.52. The summed E-state index contributed by atoms with van der Waals surface area (Å²) >= 11 is 3.58. The fourth-order valence-electron chi connectivity index (χ4n) is 3.00. The highest BCUT2D eigenvalue weighted by molar-refractivity contribution is 9.10. The molecule has 126 valence electrons. The summed E-state index contributed by atoms with van der Waals surface area (Å²) in [7, 11) is 1.61. The van der Waals surface area contributed by atoms with Crippen molar-refractivity contribution < 1.29 is 9.53 Å². The van der Waals surface area contributed by atoms with E-state index >= 15 is 0 Å². The molecule has 1 aliphatic rings. The minimum Gasteiger partial charge on any atom is -0.495 e. The summed E-state index contributed by atoms with van der Waals surface area (Å²) in [5, 5.41) is 2.98. The lowest BCUT2D eigenvalue weighted by molar-refractivity contribution is 0.131. The highest BCUT2D eigenvalue weighted by Gasteiger charge is 2.31. The van der Waals surface area contributed by atoms with Gasteiger partial charge in [-0.15, -0.1) is 0 Å². The Bertz CT molecular complexity index is 742. The molecule has 2 amide bonds. The number of ether oxygens (including phenoxy) is 1. The van der Waals surface area contributed by atoms with Crippen LogP contribution in [-0.2, 0) is 6.42 Å². The topological polar surface area (TPSA) is 41.6 Å². The Labute approximate surface area is 150 Å². The molecule has 0 bridgehead atoms. The smallest absolute Gasteiger partial charge is 0.321 e. The van der Waals surface area contributed by atoms with Crippen LogP contribution in [0.3, 0.4) is 0 Å². The number of rotatable bonds is 4. The van der Waals surface area contributed by atoms with E-state index in [1.807, 2.05) is 42.2 Å². The number of carbonyl (C=O) groups excluding carboxylic acids is 1. The quantitative estimate of drug-likeness (QED) is 0.838. The van der Waals surface area contributed by atoms with Crippen molar-refractivity contribution in [2.45, 2.75) is 13.3 Å². The van der Waals surface area contributed by atoms with Crippen molar-refractivity contribution >= 4 is 27.6 Å². The van der Waals surface area contributed by atoms with E-state index in [9.17, 15) is 4.79 Å². The molecule has 1 saturated heterocycles. The molecular formula is C19H21BrN2O2. The monoisotopic (exact) mass is 388 g/mol. The molecule has 0 aromatic heterocycles. The molecule has 0 unspecified atom stereocenters. The van der Waals surface area contributed by atoms with Crippen molar-refractivity contribution in [3.63, 3.8) is 0 Å².